The fourth-order valence-corrected chi connectivity index (χ4v) is 2.96. The minimum atomic E-state index is -0.615. The first-order valence-electron chi connectivity index (χ1n) is 6.65. The van der Waals surface area contributed by atoms with Gasteiger partial charge in [0.15, 0.2) is 5.11 Å². The normalized spacial score (nSPS) is 18.4. The lowest BCUT2D eigenvalue weighted by molar-refractivity contribution is -0.125. The summed E-state index contributed by atoms with van der Waals surface area (Å²) in [6.07, 6.45) is 0. The maximum atomic E-state index is 14.3. The first-order valence-corrected chi connectivity index (χ1v) is 7.85. The summed E-state index contributed by atoms with van der Waals surface area (Å²) in [7, 11) is 5.12. The Morgan fingerprint density at radius 1 is 1.45 bits per heavy atom. The van der Waals surface area contributed by atoms with E-state index in [0.717, 1.165) is 4.47 Å². The van der Waals surface area contributed by atoms with Crippen LogP contribution in [0.25, 0.3) is 0 Å². The molecule has 0 aromatic heterocycles. The molecule has 0 saturated heterocycles. The Morgan fingerprint density at radius 3 is 2.68 bits per heavy atom. The number of carbonyl (C=O) groups excluding carboxylic acids is 1. The van der Waals surface area contributed by atoms with Gasteiger partial charge in [0.25, 0.3) is 5.91 Å². The molecule has 2 rings (SSSR count). The van der Waals surface area contributed by atoms with Crippen molar-refractivity contribution in [2.75, 3.05) is 21.1 Å². The van der Waals surface area contributed by atoms with Gasteiger partial charge in [0, 0.05) is 36.9 Å². The quantitative estimate of drug-likeness (QED) is 0.793. The molecule has 1 aliphatic rings. The van der Waals surface area contributed by atoms with Crippen LogP contribution in [-0.2, 0) is 4.79 Å². The van der Waals surface area contributed by atoms with Crippen LogP contribution in [0.2, 0.25) is 0 Å². The van der Waals surface area contributed by atoms with E-state index in [1.54, 1.807) is 38.2 Å². The SMILES string of the molecule is CC1=C(C(=O)N(C)C)C(c2cc(Br)ccc2F)NC(=S)N1C. The Bertz CT molecular complexity index is 675. The number of benzene rings is 1. The number of halogens is 2. The maximum Gasteiger partial charge on any atom is 0.253 e. The Morgan fingerprint density at radius 2 is 2.09 bits per heavy atom. The zero-order valence-corrected chi connectivity index (χ0v) is 15.2. The van der Waals surface area contributed by atoms with Crippen LogP contribution in [0.1, 0.15) is 18.5 Å². The highest BCUT2D eigenvalue weighted by Crippen LogP contribution is 2.33. The molecule has 7 heteroatoms. The molecule has 1 N–H and O–H groups in total. The van der Waals surface area contributed by atoms with E-state index in [0.29, 0.717) is 21.9 Å². The van der Waals surface area contributed by atoms with Gasteiger partial charge in [-0.15, -0.1) is 0 Å². The number of hydrogen-bond donors (Lipinski definition) is 1. The molecule has 1 heterocycles. The van der Waals surface area contributed by atoms with Crippen molar-refractivity contribution >= 4 is 39.2 Å². The fourth-order valence-electron chi connectivity index (χ4n) is 2.32. The van der Waals surface area contributed by atoms with Crippen molar-refractivity contribution in [1.82, 2.24) is 15.1 Å². The van der Waals surface area contributed by atoms with Crippen LogP contribution in [0, 0.1) is 5.82 Å². The molecule has 1 aromatic carbocycles. The lowest BCUT2D eigenvalue weighted by Crippen LogP contribution is -2.47. The molecule has 1 atom stereocenters. The highest BCUT2D eigenvalue weighted by Gasteiger charge is 2.34. The largest absolute Gasteiger partial charge is 0.351 e. The van der Waals surface area contributed by atoms with Crippen LogP contribution in [0.5, 0.6) is 0 Å². The number of likely N-dealkylation sites (N-methyl/N-ethyl adjacent to an activating group) is 1. The van der Waals surface area contributed by atoms with Crippen LogP contribution in [0.4, 0.5) is 4.39 Å². The van der Waals surface area contributed by atoms with Crippen molar-refractivity contribution in [2.45, 2.75) is 13.0 Å². The van der Waals surface area contributed by atoms with Gasteiger partial charge in [-0.3, -0.25) is 4.79 Å². The zero-order valence-electron chi connectivity index (χ0n) is 12.8. The summed E-state index contributed by atoms with van der Waals surface area (Å²) in [6.45, 7) is 1.81. The van der Waals surface area contributed by atoms with Gasteiger partial charge in [0.05, 0.1) is 11.6 Å². The predicted molar refractivity (Wildman–Crippen MR) is 91.7 cm³/mol. The second-order valence-corrected chi connectivity index (χ2v) is 6.61. The van der Waals surface area contributed by atoms with Crippen molar-refractivity contribution in [3.05, 3.63) is 45.3 Å². The van der Waals surface area contributed by atoms with Crippen LogP contribution >= 0.6 is 28.1 Å². The minimum Gasteiger partial charge on any atom is -0.351 e. The first-order chi connectivity index (χ1) is 10.2. The third kappa shape index (κ3) is 3.01. The molecule has 0 aliphatic carbocycles. The molecule has 1 unspecified atom stereocenters. The van der Waals surface area contributed by atoms with Gasteiger partial charge in [-0.05, 0) is 37.3 Å². The summed E-state index contributed by atoms with van der Waals surface area (Å²) in [5.74, 6) is -0.561. The Labute approximate surface area is 143 Å². The number of rotatable bonds is 2. The summed E-state index contributed by atoms with van der Waals surface area (Å²) < 4.78 is 15.0. The number of hydrogen-bond acceptors (Lipinski definition) is 2. The van der Waals surface area contributed by atoms with E-state index in [1.807, 2.05) is 6.92 Å². The van der Waals surface area contributed by atoms with Crippen molar-refractivity contribution in [1.29, 1.82) is 0 Å². The molecule has 4 nitrogen and oxygen atoms in total. The molecule has 118 valence electrons. The molecule has 1 amide bonds. The molecule has 22 heavy (non-hydrogen) atoms. The number of allylic oxidation sites excluding steroid dienone is 1. The highest BCUT2D eigenvalue weighted by molar-refractivity contribution is 9.10. The number of carbonyl (C=O) groups is 1. The summed E-state index contributed by atoms with van der Waals surface area (Å²) in [4.78, 5) is 15.8. The highest BCUT2D eigenvalue weighted by atomic mass is 79.9. The van der Waals surface area contributed by atoms with Gasteiger partial charge in [0.2, 0.25) is 0 Å². The monoisotopic (exact) mass is 385 g/mol. The number of nitrogens with zero attached hydrogens (tertiary/aromatic N) is 2. The predicted octanol–water partition coefficient (Wildman–Crippen LogP) is 2.81. The summed E-state index contributed by atoms with van der Waals surface area (Å²) >= 11 is 8.63. The minimum absolute atomic E-state index is 0.177. The van der Waals surface area contributed by atoms with Gasteiger partial charge >= 0.3 is 0 Å². The van der Waals surface area contributed by atoms with Gasteiger partial charge in [-0.1, -0.05) is 15.9 Å². The number of thiocarbonyl (C=S) groups is 1. The van der Waals surface area contributed by atoms with E-state index in [2.05, 4.69) is 21.2 Å². The van der Waals surface area contributed by atoms with E-state index in [1.165, 1.54) is 11.0 Å². The molecule has 1 aliphatic heterocycles. The average molecular weight is 386 g/mol. The first kappa shape index (κ1) is 16.9. The molecular weight excluding hydrogens is 369 g/mol. The third-order valence-electron chi connectivity index (χ3n) is 3.66. The molecule has 0 fully saturated rings. The fraction of sp³-hybridized carbons (Fsp3) is 0.333. The lowest BCUT2D eigenvalue weighted by Gasteiger charge is -2.36. The van der Waals surface area contributed by atoms with Gasteiger partial charge in [-0.25, -0.2) is 4.39 Å². The van der Waals surface area contributed by atoms with Crippen LogP contribution in [-0.4, -0.2) is 42.0 Å². The molecule has 0 spiro atoms. The summed E-state index contributed by atoms with van der Waals surface area (Å²) in [5, 5.41) is 3.51. The van der Waals surface area contributed by atoms with E-state index in [4.69, 9.17) is 12.2 Å². The number of amides is 1. The van der Waals surface area contributed by atoms with E-state index < -0.39 is 6.04 Å². The van der Waals surface area contributed by atoms with Crippen LogP contribution < -0.4 is 5.32 Å². The lowest BCUT2D eigenvalue weighted by atomic mass is 9.94. The van der Waals surface area contributed by atoms with Gasteiger partial charge in [0.1, 0.15) is 5.82 Å². The Kier molecular flexibility index (Phi) is 4.87. The Balaban J connectivity index is 2.63. The van der Waals surface area contributed by atoms with Crippen molar-refractivity contribution in [3.8, 4) is 0 Å². The molecule has 1 aromatic rings. The van der Waals surface area contributed by atoms with Crippen molar-refractivity contribution < 1.29 is 9.18 Å². The topological polar surface area (TPSA) is 35.6 Å². The molecule has 0 bridgehead atoms. The molecular formula is C15H17BrFN3OS. The standard InChI is InChI=1S/C15H17BrFN3OS/c1-8-12(14(21)19(2)3)13(18-15(22)20(8)4)10-7-9(16)5-6-11(10)17/h5-7,13H,1-4H3,(H,18,22). The Hall–Kier alpha value is -1.47. The van der Waals surface area contributed by atoms with E-state index >= 15 is 0 Å². The van der Waals surface area contributed by atoms with Crippen molar-refractivity contribution in [2.24, 2.45) is 0 Å². The summed E-state index contributed by atoms with van der Waals surface area (Å²) in [6, 6.07) is 4.04. The second kappa shape index (κ2) is 6.34. The molecule has 0 saturated carbocycles. The van der Waals surface area contributed by atoms with E-state index in [9.17, 15) is 9.18 Å². The molecule has 0 radical (unpaired) electrons. The third-order valence-corrected chi connectivity index (χ3v) is 4.54. The van der Waals surface area contributed by atoms with Crippen molar-refractivity contribution in [3.63, 3.8) is 0 Å². The average Bonchev–Trinajstić information content (AvgIpc) is 2.46. The van der Waals surface area contributed by atoms with Gasteiger partial charge in [-0.2, -0.15) is 0 Å². The number of nitrogens with one attached hydrogen (secondary N) is 1. The van der Waals surface area contributed by atoms with Crippen LogP contribution in [0.3, 0.4) is 0 Å². The maximum absolute atomic E-state index is 14.3. The van der Waals surface area contributed by atoms with Crippen LogP contribution in [0.15, 0.2) is 33.9 Å². The summed E-state index contributed by atoms with van der Waals surface area (Å²) in [5.41, 5.74) is 1.58. The second-order valence-electron chi connectivity index (χ2n) is 5.31. The zero-order chi connectivity index (χ0) is 16.6. The van der Waals surface area contributed by atoms with Gasteiger partial charge < -0.3 is 15.1 Å². The van der Waals surface area contributed by atoms with E-state index in [-0.39, 0.29) is 11.7 Å². The smallest absolute Gasteiger partial charge is 0.253 e.